The molecule has 100 valence electrons. The fourth-order valence-electron chi connectivity index (χ4n) is 1.71. The van der Waals surface area contributed by atoms with E-state index >= 15 is 0 Å². The zero-order chi connectivity index (χ0) is 14.2. The van der Waals surface area contributed by atoms with Crippen LogP contribution in [0.25, 0.3) is 0 Å². The number of rotatable bonds is 2. The molecule has 0 bridgehead atoms. The molecule has 0 N–H and O–H groups in total. The van der Waals surface area contributed by atoms with Crippen LogP contribution in [0, 0.1) is 24.4 Å². The van der Waals surface area contributed by atoms with Gasteiger partial charge in [0.2, 0.25) is 0 Å². The first-order chi connectivity index (χ1) is 8.90. The van der Waals surface area contributed by atoms with E-state index in [0.29, 0.717) is 5.56 Å². The fourth-order valence-corrected chi connectivity index (χ4v) is 2.53. The SMILES string of the molecule is Cc1cc(F)c(C(Br)c2ccc(F)c(Cl)c2)cc1F. The van der Waals surface area contributed by atoms with Gasteiger partial charge in [-0.15, -0.1) is 0 Å². The van der Waals surface area contributed by atoms with Crippen molar-refractivity contribution < 1.29 is 13.2 Å². The molecule has 0 spiro atoms. The Morgan fingerprint density at radius 2 is 1.68 bits per heavy atom. The van der Waals surface area contributed by atoms with Crippen molar-refractivity contribution in [2.24, 2.45) is 0 Å². The third-order valence-electron chi connectivity index (χ3n) is 2.79. The number of benzene rings is 2. The van der Waals surface area contributed by atoms with Crippen molar-refractivity contribution in [1.82, 2.24) is 0 Å². The summed E-state index contributed by atoms with van der Waals surface area (Å²) in [5.41, 5.74) is 0.928. The van der Waals surface area contributed by atoms with E-state index < -0.39 is 22.3 Å². The second-order valence-electron chi connectivity index (χ2n) is 4.16. The molecule has 0 aliphatic rings. The monoisotopic (exact) mass is 348 g/mol. The van der Waals surface area contributed by atoms with Crippen molar-refractivity contribution >= 4 is 27.5 Å². The molecule has 0 nitrogen and oxygen atoms in total. The molecular formula is C14H9BrClF3. The summed E-state index contributed by atoms with van der Waals surface area (Å²) in [5.74, 6) is -1.57. The molecule has 2 aromatic carbocycles. The molecular weight excluding hydrogens is 341 g/mol. The molecule has 2 aromatic rings. The number of halogens is 5. The summed E-state index contributed by atoms with van der Waals surface area (Å²) >= 11 is 8.95. The zero-order valence-corrected chi connectivity index (χ0v) is 12.2. The highest BCUT2D eigenvalue weighted by atomic mass is 79.9. The highest BCUT2D eigenvalue weighted by molar-refractivity contribution is 9.09. The quantitative estimate of drug-likeness (QED) is 0.624. The van der Waals surface area contributed by atoms with Gasteiger partial charge in [-0.3, -0.25) is 0 Å². The second kappa shape index (κ2) is 5.55. The van der Waals surface area contributed by atoms with Gasteiger partial charge in [-0.25, -0.2) is 13.2 Å². The van der Waals surface area contributed by atoms with Crippen LogP contribution in [0.5, 0.6) is 0 Å². The van der Waals surface area contributed by atoms with Gasteiger partial charge in [0.1, 0.15) is 17.5 Å². The van der Waals surface area contributed by atoms with E-state index in [2.05, 4.69) is 15.9 Å². The Hall–Kier alpha value is -1.00. The Balaban J connectivity index is 2.46. The Labute approximate surface area is 122 Å². The Morgan fingerprint density at radius 3 is 2.32 bits per heavy atom. The molecule has 0 amide bonds. The van der Waals surface area contributed by atoms with Crippen molar-refractivity contribution in [2.75, 3.05) is 0 Å². The Kier molecular flexibility index (Phi) is 4.21. The lowest BCUT2D eigenvalue weighted by Gasteiger charge is -2.13. The summed E-state index contributed by atoms with van der Waals surface area (Å²) in [6, 6.07) is 6.30. The molecule has 0 aliphatic heterocycles. The van der Waals surface area contributed by atoms with E-state index in [0.717, 1.165) is 12.1 Å². The maximum Gasteiger partial charge on any atom is 0.141 e. The maximum absolute atomic E-state index is 13.8. The van der Waals surface area contributed by atoms with E-state index in [1.807, 2.05) is 0 Å². The van der Waals surface area contributed by atoms with Gasteiger partial charge in [0.15, 0.2) is 0 Å². The lowest BCUT2D eigenvalue weighted by atomic mass is 10.0. The van der Waals surface area contributed by atoms with Crippen LogP contribution in [-0.4, -0.2) is 0 Å². The first-order valence-corrected chi connectivity index (χ1v) is 6.74. The molecule has 0 saturated carbocycles. The summed E-state index contributed by atoms with van der Waals surface area (Å²) < 4.78 is 40.4. The van der Waals surface area contributed by atoms with E-state index in [4.69, 9.17) is 11.6 Å². The van der Waals surface area contributed by atoms with Crippen LogP contribution in [0.1, 0.15) is 21.5 Å². The topological polar surface area (TPSA) is 0 Å². The first kappa shape index (κ1) is 14.4. The number of hydrogen-bond donors (Lipinski definition) is 0. The van der Waals surface area contributed by atoms with Crippen LogP contribution in [0.2, 0.25) is 5.02 Å². The highest BCUT2D eigenvalue weighted by Crippen LogP contribution is 2.35. The van der Waals surface area contributed by atoms with Gasteiger partial charge < -0.3 is 0 Å². The summed E-state index contributed by atoms with van der Waals surface area (Å²) in [7, 11) is 0. The van der Waals surface area contributed by atoms with Crippen LogP contribution >= 0.6 is 27.5 Å². The van der Waals surface area contributed by atoms with E-state index in [-0.39, 0.29) is 16.1 Å². The van der Waals surface area contributed by atoms with Crippen molar-refractivity contribution in [3.8, 4) is 0 Å². The third-order valence-corrected chi connectivity index (χ3v) is 4.10. The second-order valence-corrected chi connectivity index (χ2v) is 5.48. The van der Waals surface area contributed by atoms with E-state index in [9.17, 15) is 13.2 Å². The maximum atomic E-state index is 13.8. The minimum Gasteiger partial charge on any atom is -0.207 e. The average Bonchev–Trinajstić information content (AvgIpc) is 2.36. The molecule has 1 unspecified atom stereocenters. The van der Waals surface area contributed by atoms with Gasteiger partial charge in [0, 0.05) is 5.56 Å². The minimum atomic E-state index is -0.597. The Bertz CT molecular complexity index is 628. The molecule has 0 fully saturated rings. The van der Waals surface area contributed by atoms with Gasteiger partial charge in [0.05, 0.1) is 9.85 Å². The average molecular weight is 350 g/mol. The smallest absolute Gasteiger partial charge is 0.141 e. The summed E-state index contributed by atoms with van der Waals surface area (Å²) in [6.45, 7) is 1.49. The minimum absolute atomic E-state index is 0.0602. The first-order valence-electron chi connectivity index (χ1n) is 5.44. The van der Waals surface area contributed by atoms with Gasteiger partial charge in [0.25, 0.3) is 0 Å². The van der Waals surface area contributed by atoms with Crippen LogP contribution in [0.15, 0.2) is 30.3 Å². The van der Waals surface area contributed by atoms with Crippen molar-refractivity contribution in [2.45, 2.75) is 11.8 Å². The van der Waals surface area contributed by atoms with Gasteiger partial charge >= 0.3 is 0 Å². The summed E-state index contributed by atoms with van der Waals surface area (Å²) in [6.07, 6.45) is 0. The zero-order valence-electron chi connectivity index (χ0n) is 9.85. The predicted molar refractivity (Wildman–Crippen MR) is 73.3 cm³/mol. The number of aryl methyl sites for hydroxylation is 1. The lowest BCUT2D eigenvalue weighted by molar-refractivity contribution is 0.581. The predicted octanol–water partition coefficient (Wildman–Crippen LogP) is 5.55. The number of alkyl halides is 1. The summed E-state index contributed by atoms with van der Waals surface area (Å²) in [5, 5.41) is -0.0602. The molecule has 0 aliphatic carbocycles. The largest absolute Gasteiger partial charge is 0.207 e. The van der Waals surface area contributed by atoms with Crippen molar-refractivity contribution in [3.63, 3.8) is 0 Å². The molecule has 1 atom stereocenters. The molecule has 0 heterocycles. The third kappa shape index (κ3) is 2.95. The van der Waals surface area contributed by atoms with Crippen LogP contribution in [-0.2, 0) is 0 Å². The standard InChI is InChI=1S/C14H9BrClF3/c1-7-4-13(19)9(6-12(7)18)14(15)8-2-3-11(17)10(16)5-8/h2-6,14H,1H3. The number of hydrogen-bond acceptors (Lipinski definition) is 0. The molecule has 0 aromatic heterocycles. The van der Waals surface area contributed by atoms with Crippen molar-refractivity contribution in [1.29, 1.82) is 0 Å². The van der Waals surface area contributed by atoms with Crippen LogP contribution in [0.4, 0.5) is 13.2 Å². The van der Waals surface area contributed by atoms with Gasteiger partial charge in [-0.1, -0.05) is 33.6 Å². The van der Waals surface area contributed by atoms with E-state index in [1.165, 1.54) is 25.1 Å². The fraction of sp³-hybridized carbons (Fsp3) is 0.143. The van der Waals surface area contributed by atoms with Gasteiger partial charge in [-0.2, -0.15) is 0 Å². The molecule has 0 radical (unpaired) electrons. The lowest BCUT2D eigenvalue weighted by Crippen LogP contribution is -2.00. The molecule has 5 heteroatoms. The van der Waals surface area contributed by atoms with Crippen LogP contribution in [0.3, 0.4) is 0 Å². The molecule has 19 heavy (non-hydrogen) atoms. The highest BCUT2D eigenvalue weighted by Gasteiger charge is 2.18. The van der Waals surface area contributed by atoms with E-state index in [1.54, 1.807) is 0 Å². The summed E-state index contributed by atoms with van der Waals surface area (Å²) in [4.78, 5) is -0.597. The van der Waals surface area contributed by atoms with Gasteiger partial charge in [-0.05, 0) is 42.3 Å². The Morgan fingerprint density at radius 1 is 1.00 bits per heavy atom. The normalized spacial score (nSPS) is 12.5. The molecule has 2 rings (SSSR count). The molecule has 0 saturated heterocycles. The van der Waals surface area contributed by atoms with Crippen molar-refractivity contribution in [3.05, 3.63) is 69.5 Å². The van der Waals surface area contributed by atoms with Crippen LogP contribution < -0.4 is 0 Å².